The normalized spacial score (nSPS) is 35.8. The van der Waals surface area contributed by atoms with E-state index in [-0.39, 0.29) is 62.2 Å². The van der Waals surface area contributed by atoms with Gasteiger partial charge in [0, 0.05) is 52.0 Å². The SMILES string of the molecule is CCC1C=C(C)CC(C)CC(OC)C2OC(O)(C(=O)C(=O)N3CCCCC3C(=O)OC(C(C)=CC3CCC(OCc4cccc(C(=O)OC)c4)C(OC)C3)C(C)C(O)CC1=O)C(C)CC2OC. The van der Waals surface area contributed by atoms with Crippen LogP contribution < -0.4 is 0 Å². The van der Waals surface area contributed by atoms with E-state index in [9.17, 15) is 34.2 Å². The van der Waals surface area contributed by atoms with Crippen LogP contribution in [0.3, 0.4) is 0 Å². The number of allylic oxidation sites excluding steroid dienone is 3. The summed E-state index contributed by atoms with van der Waals surface area (Å²) in [5.41, 5.74) is 2.91. The standard InChI is InChI=1S/C52H77NO14/c1-11-37-22-30(2)21-31(3)23-44(62-8)47-45(63-9)25-33(5)52(60,67-47)48(56)49(57)53-20-13-12-17-39(53)51(59)66-46(34(6)40(54)28-41(37)55)32(4)24-35-18-19-42(43(27-35)61-7)65-29-36-15-14-16-38(26-36)50(58)64-10/h14-16,22,24,26,31,33-35,37,39-40,42-47,54,60H,11-13,17-21,23,25,27-29H2,1-10H3. The van der Waals surface area contributed by atoms with Crippen LogP contribution in [-0.4, -0.2) is 134 Å². The topological polar surface area (TPSA) is 194 Å². The van der Waals surface area contributed by atoms with Crippen molar-refractivity contribution >= 4 is 29.4 Å². The fourth-order valence-corrected chi connectivity index (χ4v) is 10.7. The molecule has 14 atom stereocenters. The molecule has 2 saturated heterocycles. The maximum Gasteiger partial charge on any atom is 0.337 e. The molecular weight excluding hydrogens is 863 g/mol. The van der Waals surface area contributed by atoms with Crippen molar-refractivity contribution in [3.05, 3.63) is 58.7 Å². The molecule has 1 aromatic rings. The minimum Gasteiger partial charge on any atom is -0.465 e. The molecule has 14 unspecified atom stereocenters. The zero-order chi connectivity index (χ0) is 49.2. The number of carbonyl (C=O) groups excluding carboxylic acids is 5. The number of methoxy groups -OCH3 is 4. The van der Waals surface area contributed by atoms with Crippen LogP contribution in [0.25, 0.3) is 0 Å². The van der Waals surface area contributed by atoms with Gasteiger partial charge in [0.15, 0.2) is 0 Å². The van der Waals surface area contributed by atoms with E-state index < -0.39 is 83.7 Å². The third-order valence-electron chi connectivity index (χ3n) is 14.7. The van der Waals surface area contributed by atoms with Gasteiger partial charge in [0.25, 0.3) is 11.7 Å². The first kappa shape index (κ1) is 54.1. The Labute approximate surface area is 397 Å². The second-order valence-corrected chi connectivity index (χ2v) is 19.6. The average Bonchev–Trinajstić information content (AvgIpc) is 3.32. The molecule has 2 bridgehead atoms. The molecule has 15 heteroatoms. The molecule has 5 rings (SSSR count). The number of amides is 1. The number of aliphatic hydroxyl groups excluding tert-OH is 1. The van der Waals surface area contributed by atoms with Crippen LogP contribution in [0.1, 0.15) is 128 Å². The van der Waals surface area contributed by atoms with Crippen molar-refractivity contribution in [2.75, 3.05) is 35.0 Å². The Hall–Kier alpha value is -3.83. The third kappa shape index (κ3) is 13.3. The number of hydrogen-bond donors (Lipinski definition) is 2. The Morgan fingerprint density at radius 1 is 0.910 bits per heavy atom. The van der Waals surface area contributed by atoms with Crippen molar-refractivity contribution in [2.24, 2.45) is 29.6 Å². The number of fused-ring (bicyclic) bond motifs is 3. The van der Waals surface area contributed by atoms with E-state index in [2.05, 4.69) is 6.92 Å². The first-order valence-electron chi connectivity index (χ1n) is 24.3. The molecule has 1 saturated carbocycles. The number of esters is 2. The zero-order valence-electron chi connectivity index (χ0n) is 41.4. The quantitative estimate of drug-likeness (QED) is 0.147. The van der Waals surface area contributed by atoms with Gasteiger partial charge in [0.2, 0.25) is 5.79 Å². The highest BCUT2D eigenvalue weighted by Crippen LogP contribution is 2.39. The van der Waals surface area contributed by atoms with Gasteiger partial charge in [0.05, 0.1) is 49.8 Å². The van der Waals surface area contributed by atoms with Crippen molar-refractivity contribution in [1.29, 1.82) is 0 Å². The molecule has 3 fully saturated rings. The minimum atomic E-state index is -2.52. The monoisotopic (exact) mass is 940 g/mol. The van der Waals surface area contributed by atoms with E-state index in [1.807, 2.05) is 39.0 Å². The number of cyclic esters (lactones) is 1. The van der Waals surface area contributed by atoms with E-state index >= 15 is 0 Å². The predicted octanol–water partition coefficient (Wildman–Crippen LogP) is 6.48. The van der Waals surface area contributed by atoms with Crippen molar-refractivity contribution in [1.82, 2.24) is 4.90 Å². The van der Waals surface area contributed by atoms with Gasteiger partial charge in [-0.25, -0.2) is 9.59 Å². The molecular formula is C52H77NO14. The summed E-state index contributed by atoms with van der Waals surface area (Å²) in [7, 11) is 6.04. The van der Waals surface area contributed by atoms with Gasteiger partial charge in [-0.05, 0) is 113 Å². The number of carbonyl (C=O) groups is 5. The van der Waals surface area contributed by atoms with Gasteiger partial charge in [0.1, 0.15) is 24.0 Å². The molecule has 374 valence electrons. The molecule has 1 aromatic carbocycles. The lowest BCUT2D eigenvalue weighted by Crippen LogP contribution is -2.64. The second-order valence-electron chi connectivity index (χ2n) is 19.6. The smallest absolute Gasteiger partial charge is 0.337 e. The summed E-state index contributed by atoms with van der Waals surface area (Å²) in [5, 5.41) is 24.0. The number of benzene rings is 1. The van der Waals surface area contributed by atoms with Gasteiger partial charge in [-0.2, -0.15) is 0 Å². The number of Topliss-reactive ketones (excluding diaryl/α,β-unsaturated/α-hetero) is 2. The summed E-state index contributed by atoms with van der Waals surface area (Å²) >= 11 is 0. The molecule has 4 aliphatic rings. The van der Waals surface area contributed by atoms with Gasteiger partial charge >= 0.3 is 11.9 Å². The van der Waals surface area contributed by atoms with Crippen LogP contribution in [0.2, 0.25) is 0 Å². The zero-order valence-corrected chi connectivity index (χ0v) is 41.4. The van der Waals surface area contributed by atoms with Crippen molar-refractivity contribution in [3.63, 3.8) is 0 Å². The lowest BCUT2D eigenvalue weighted by Gasteiger charge is -2.47. The third-order valence-corrected chi connectivity index (χ3v) is 14.7. The molecule has 67 heavy (non-hydrogen) atoms. The highest BCUT2D eigenvalue weighted by Gasteiger charge is 2.56. The van der Waals surface area contributed by atoms with Gasteiger partial charge in [-0.1, -0.05) is 57.6 Å². The first-order chi connectivity index (χ1) is 31.9. The maximum atomic E-state index is 14.5. The lowest BCUT2D eigenvalue weighted by molar-refractivity contribution is -0.302. The highest BCUT2D eigenvalue weighted by molar-refractivity contribution is 6.39. The average molecular weight is 940 g/mol. The summed E-state index contributed by atoms with van der Waals surface area (Å²) in [4.78, 5) is 70.5. The maximum absolute atomic E-state index is 14.5. The number of hydrogen-bond acceptors (Lipinski definition) is 14. The minimum absolute atomic E-state index is 0.0195. The van der Waals surface area contributed by atoms with Gasteiger partial charge in [-0.15, -0.1) is 0 Å². The van der Waals surface area contributed by atoms with Crippen LogP contribution in [0.15, 0.2) is 47.6 Å². The van der Waals surface area contributed by atoms with Crippen LogP contribution in [-0.2, 0) is 58.9 Å². The Kier molecular flexibility index (Phi) is 19.9. The molecule has 3 heterocycles. The van der Waals surface area contributed by atoms with Crippen LogP contribution >= 0.6 is 0 Å². The summed E-state index contributed by atoms with van der Waals surface area (Å²) in [6, 6.07) is 5.94. The van der Waals surface area contributed by atoms with Crippen LogP contribution in [0.4, 0.5) is 0 Å². The van der Waals surface area contributed by atoms with Crippen LogP contribution in [0.5, 0.6) is 0 Å². The predicted molar refractivity (Wildman–Crippen MR) is 248 cm³/mol. The van der Waals surface area contributed by atoms with Crippen LogP contribution in [0, 0.1) is 29.6 Å². The van der Waals surface area contributed by atoms with E-state index in [0.29, 0.717) is 56.1 Å². The molecule has 1 amide bonds. The Morgan fingerprint density at radius 3 is 2.28 bits per heavy atom. The number of ether oxygens (including phenoxy) is 7. The number of rotatable bonds is 10. The fraction of sp³-hybridized carbons (Fsp3) is 0.712. The molecule has 3 aliphatic heterocycles. The van der Waals surface area contributed by atoms with E-state index in [0.717, 1.165) is 17.6 Å². The highest BCUT2D eigenvalue weighted by atomic mass is 16.7. The van der Waals surface area contributed by atoms with Crippen molar-refractivity contribution < 1.29 is 67.3 Å². The van der Waals surface area contributed by atoms with E-state index in [4.69, 9.17) is 33.2 Å². The Morgan fingerprint density at radius 2 is 1.61 bits per heavy atom. The second kappa shape index (κ2) is 24.6. The molecule has 0 radical (unpaired) electrons. The summed E-state index contributed by atoms with van der Waals surface area (Å²) in [5.74, 6) is -8.09. The fourth-order valence-electron chi connectivity index (χ4n) is 10.7. The molecule has 0 aromatic heterocycles. The van der Waals surface area contributed by atoms with Gasteiger partial charge < -0.3 is 48.3 Å². The Balaban J connectivity index is 1.45. The Bertz CT molecular complexity index is 1930. The summed E-state index contributed by atoms with van der Waals surface area (Å²) < 4.78 is 41.6. The van der Waals surface area contributed by atoms with E-state index in [1.54, 1.807) is 39.2 Å². The molecule has 1 aliphatic carbocycles. The lowest BCUT2D eigenvalue weighted by atomic mass is 9.81. The van der Waals surface area contributed by atoms with Crippen molar-refractivity contribution in [3.8, 4) is 0 Å². The first-order valence-corrected chi connectivity index (χ1v) is 24.3. The molecule has 0 spiro atoms. The number of piperidine rings is 1. The molecule has 15 nitrogen and oxygen atoms in total. The number of nitrogens with zero attached hydrogens (tertiary/aromatic N) is 1. The summed E-state index contributed by atoms with van der Waals surface area (Å²) in [6.07, 6.45) is 4.16. The number of aliphatic hydroxyl groups is 2. The number of ketones is 2. The summed E-state index contributed by atoms with van der Waals surface area (Å²) in [6.45, 7) is 11.5. The molecule has 2 N–H and O–H groups in total. The largest absolute Gasteiger partial charge is 0.465 e. The van der Waals surface area contributed by atoms with Crippen molar-refractivity contribution in [2.45, 2.75) is 173 Å². The van der Waals surface area contributed by atoms with Gasteiger partial charge in [-0.3, -0.25) is 14.4 Å². The van der Waals surface area contributed by atoms with E-state index in [1.165, 1.54) is 26.2 Å².